The molecule has 0 saturated carbocycles. The van der Waals surface area contributed by atoms with Crippen LogP contribution in [-0.4, -0.2) is 5.60 Å². The van der Waals surface area contributed by atoms with Crippen molar-refractivity contribution in [2.24, 2.45) is 0 Å². The first kappa shape index (κ1) is 20.0. The molecule has 0 aromatic heterocycles. The Morgan fingerprint density at radius 1 is 0.714 bits per heavy atom. The maximum atomic E-state index is 6.15. The zero-order valence-corrected chi connectivity index (χ0v) is 17.8. The topological polar surface area (TPSA) is 18.5 Å². The highest BCUT2D eigenvalue weighted by atomic mass is 16.5. The zero-order chi connectivity index (χ0) is 20.3. The SMILES string of the molecule is CCC(C)(C)Oc1ccc(-c2ccc(Oc3c(C)cc(C)cc3C)cc2)cc1. The van der Waals surface area contributed by atoms with Gasteiger partial charge in [0.2, 0.25) is 0 Å². The van der Waals surface area contributed by atoms with Gasteiger partial charge >= 0.3 is 0 Å². The molecule has 0 radical (unpaired) electrons. The fraction of sp³-hybridized carbons (Fsp3) is 0.308. The van der Waals surface area contributed by atoms with Gasteiger partial charge in [0, 0.05) is 0 Å². The third kappa shape index (κ3) is 4.75. The summed E-state index contributed by atoms with van der Waals surface area (Å²) < 4.78 is 12.2. The molecule has 0 saturated heterocycles. The summed E-state index contributed by atoms with van der Waals surface area (Å²) in [6.07, 6.45) is 0.968. The molecule has 3 aromatic carbocycles. The van der Waals surface area contributed by atoms with Crippen LogP contribution in [0.15, 0.2) is 60.7 Å². The van der Waals surface area contributed by atoms with E-state index in [1.807, 2.05) is 24.3 Å². The van der Waals surface area contributed by atoms with Crippen LogP contribution in [0.2, 0.25) is 0 Å². The van der Waals surface area contributed by atoms with Crippen LogP contribution < -0.4 is 9.47 Å². The Kier molecular flexibility index (Phi) is 5.79. The molecular weight excluding hydrogens is 344 g/mol. The molecule has 2 nitrogen and oxygen atoms in total. The van der Waals surface area contributed by atoms with Crippen molar-refractivity contribution in [3.8, 4) is 28.4 Å². The minimum absolute atomic E-state index is 0.146. The molecule has 0 aliphatic heterocycles. The third-order valence-corrected chi connectivity index (χ3v) is 5.11. The molecule has 0 atom stereocenters. The molecule has 0 N–H and O–H groups in total. The fourth-order valence-corrected chi connectivity index (χ4v) is 3.27. The number of hydrogen-bond donors (Lipinski definition) is 0. The van der Waals surface area contributed by atoms with Crippen molar-refractivity contribution in [2.75, 3.05) is 0 Å². The number of benzene rings is 3. The molecule has 0 amide bonds. The van der Waals surface area contributed by atoms with Crippen LogP contribution in [0.1, 0.15) is 43.9 Å². The highest BCUT2D eigenvalue weighted by Gasteiger charge is 2.16. The maximum Gasteiger partial charge on any atom is 0.133 e. The molecule has 3 aromatic rings. The van der Waals surface area contributed by atoms with E-state index >= 15 is 0 Å². The molecule has 28 heavy (non-hydrogen) atoms. The summed E-state index contributed by atoms with van der Waals surface area (Å²) in [7, 11) is 0. The Morgan fingerprint density at radius 2 is 1.18 bits per heavy atom. The van der Waals surface area contributed by atoms with E-state index in [-0.39, 0.29) is 5.60 Å². The Balaban J connectivity index is 1.74. The van der Waals surface area contributed by atoms with Gasteiger partial charge in [0.05, 0.1) is 0 Å². The van der Waals surface area contributed by atoms with Gasteiger partial charge in [0.25, 0.3) is 0 Å². The number of hydrogen-bond acceptors (Lipinski definition) is 2. The largest absolute Gasteiger partial charge is 0.488 e. The van der Waals surface area contributed by atoms with E-state index in [4.69, 9.17) is 9.47 Å². The Hall–Kier alpha value is -2.74. The Bertz CT molecular complexity index is 912. The predicted molar refractivity (Wildman–Crippen MR) is 118 cm³/mol. The van der Waals surface area contributed by atoms with Gasteiger partial charge in [-0.1, -0.05) is 48.9 Å². The normalized spacial score (nSPS) is 11.4. The van der Waals surface area contributed by atoms with Gasteiger partial charge < -0.3 is 9.47 Å². The van der Waals surface area contributed by atoms with Gasteiger partial charge in [-0.2, -0.15) is 0 Å². The maximum absolute atomic E-state index is 6.15. The van der Waals surface area contributed by atoms with Crippen molar-refractivity contribution in [3.05, 3.63) is 77.4 Å². The molecule has 0 unspecified atom stereocenters. The van der Waals surface area contributed by atoms with Gasteiger partial charge in [-0.05, 0) is 87.6 Å². The first-order chi connectivity index (χ1) is 13.3. The summed E-state index contributed by atoms with van der Waals surface area (Å²) in [5.41, 5.74) is 5.75. The molecule has 0 spiro atoms. The number of rotatable bonds is 6. The van der Waals surface area contributed by atoms with Gasteiger partial charge in [0.1, 0.15) is 22.8 Å². The van der Waals surface area contributed by atoms with Crippen LogP contribution >= 0.6 is 0 Å². The minimum Gasteiger partial charge on any atom is -0.488 e. The van der Waals surface area contributed by atoms with E-state index in [0.717, 1.165) is 45.9 Å². The second-order valence-corrected chi connectivity index (χ2v) is 8.09. The van der Waals surface area contributed by atoms with Crippen LogP contribution in [0.25, 0.3) is 11.1 Å². The summed E-state index contributed by atoms with van der Waals surface area (Å²) >= 11 is 0. The van der Waals surface area contributed by atoms with Gasteiger partial charge in [-0.3, -0.25) is 0 Å². The van der Waals surface area contributed by atoms with E-state index in [1.54, 1.807) is 0 Å². The molecule has 146 valence electrons. The molecule has 0 heterocycles. The van der Waals surface area contributed by atoms with Crippen molar-refractivity contribution < 1.29 is 9.47 Å². The molecule has 3 rings (SSSR count). The van der Waals surface area contributed by atoms with E-state index in [0.29, 0.717) is 0 Å². The lowest BCUT2D eigenvalue weighted by Gasteiger charge is -2.24. The quantitative estimate of drug-likeness (QED) is 0.441. The van der Waals surface area contributed by atoms with E-state index in [1.165, 1.54) is 5.56 Å². The number of ether oxygens (including phenoxy) is 2. The van der Waals surface area contributed by atoms with Crippen molar-refractivity contribution in [1.82, 2.24) is 0 Å². The average molecular weight is 375 g/mol. The minimum atomic E-state index is -0.146. The second kappa shape index (κ2) is 8.10. The molecule has 0 aliphatic rings. The summed E-state index contributed by atoms with van der Waals surface area (Å²) in [5, 5.41) is 0. The Labute approximate surface area is 169 Å². The summed E-state index contributed by atoms with van der Waals surface area (Å²) in [6.45, 7) is 12.6. The molecule has 0 fully saturated rings. The first-order valence-electron chi connectivity index (χ1n) is 9.92. The van der Waals surface area contributed by atoms with Crippen molar-refractivity contribution in [1.29, 1.82) is 0 Å². The van der Waals surface area contributed by atoms with Crippen LogP contribution in [0.5, 0.6) is 17.2 Å². The smallest absolute Gasteiger partial charge is 0.133 e. The standard InChI is InChI=1S/C26H30O2/c1-7-26(5,6)28-24-14-10-22(11-15-24)21-8-12-23(13-9-21)27-25-19(3)16-18(2)17-20(25)4/h8-17H,7H2,1-6H3. The van der Waals surface area contributed by atoms with E-state index in [2.05, 4.69) is 77.9 Å². The van der Waals surface area contributed by atoms with E-state index in [9.17, 15) is 0 Å². The third-order valence-electron chi connectivity index (χ3n) is 5.11. The molecular formula is C26H30O2. The summed E-state index contributed by atoms with van der Waals surface area (Å²) in [4.78, 5) is 0. The summed E-state index contributed by atoms with van der Waals surface area (Å²) in [5.74, 6) is 2.70. The summed E-state index contributed by atoms with van der Waals surface area (Å²) in [6, 6.07) is 20.8. The number of aryl methyl sites for hydroxylation is 3. The first-order valence-corrected chi connectivity index (χ1v) is 9.92. The fourth-order valence-electron chi connectivity index (χ4n) is 3.27. The van der Waals surface area contributed by atoms with Crippen LogP contribution in [0, 0.1) is 20.8 Å². The predicted octanol–water partition coefficient (Wildman–Crippen LogP) is 7.64. The lowest BCUT2D eigenvalue weighted by atomic mass is 10.0. The van der Waals surface area contributed by atoms with Crippen molar-refractivity contribution in [2.45, 2.75) is 53.6 Å². The highest BCUT2D eigenvalue weighted by Crippen LogP contribution is 2.32. The van der Waals surface area contributed by atoms with Crippen LogP contribution in [0.4, 0.5) is 0 Å². The average Bonchev–Trinajstić information content (AvgIpc) is 2.65. The molecule has 0 aliphatic carbocycles. The highest BCUT2D eigenvalue weighted by molar-refractivity contribution is 5.65. The monoisotopic (exact) mass is 374 g/mol. The van der Waals surface area contributed by atoms with Crippen LogP contribution in [-0.2, 0) is 0 Å². The van der Waals surface area contributed by atoms with Crippen molar-refractivity contribution in [3.63, 3.8) is 0 Å². The molecule has 2 heteroatoms. The van der Waals surface area contributed by atoms with Gasteiger partial charge in [-0.15, -0.1) is 0 Å². The van der Waals surface area contributed by atoms with Crippen molar-refractivity contribution >= 4 is 0 Å². The lowest BCUT2D eigenvalue weighted by molar-refractivity contribution is 0.105. The van der Waals surface area contributed by atoms with Gasteiger partial charge in [0.15, 0.2) is 0 Å². The van der Waals surface area contributed by atoms with Gasteiger partial charge in [-0.25, -0.2) is 0 Å². The lowest BCUT2D eigenvalue weighted by Crippen LogP contribution is -2.26. The molecule has 0 bridgehead atoms. The Morgan fingerprint density at radius 3 is 1.64 bits per heavy atom. The zero-order valence-electron chi connectivity index (χ0n) is 17.8. The second-order valence-electron chi connectivity index (χ2n) is 8.09. The van der Waals surface area contributed by atoms with E-state index < -0.39 is 0 Å². The van der Waals surface area contributed by atoms with Crippen LogP contribution in [0.3, 0.4) is 0 Å².